The Bertz CT molecular complexity index is 641. The summed E-state index contributed by atoms with van der Waals surface area (Å²) < 4.78 is 0.516. The number of rotatable bonds is 2. The van der Waals surface area contributed by atoms with Crippen molar-refractivity contribution in [2.24, 2.45) is 0 Å². The lowest BCUT2D eigenvalue weighted by atomic mass is 10.1. The Kier molecular flexibility index (Phi) is 3.76. The molecule has 0 aromatic heterocycles. The molecule has 0 aliphatic heterocycles. The molecule has 0 bridgehead atoms. The summed E-state index contributed by atoms with van der Waals surface area (Å²) in [6.07, 6.45) is 0. The second-order valence-electron chi connectivity index (χ2n) is 4.18. The molecule has 0 saturated heterocycles. The van der Waals surface area contributed by atoms with E-state index in [0.717, 1.165) is 5.56 Å². The molecular formula is C14H13BrN2O2. The van der Waals surface area contributed by atoms with E-state index in [1.165, 1.54) is 0 Å². The molecule has 0 heterocycles. The van der Waals surface area contributed by atoms with Gasteiger partial charge in [0.15, 0.2) is 5.75 Å². The summed E-state index contributed by atoms with van der Waals surface area (Å²) in [6.45, 7) is 1.88. The highest BCUT2D eigenvalue weighted by molar-refractivity contribution is 9.10. The number of hydrogen-bond acceptors (Lipinski definition) is 3. The van der Waals surface area contributed by atoms with Crippen molar-refractivity contribution in [3.05, 3.63) is 52.0 Å². The van der Waals surface area contributed by atoms with E-state index in [2.05, 4.69) is 21.2 Å². The smallest absolute Gasteiger partial charge is 0.257 e. The molecule has 0 radical (unpaired) electrons. The van der Waals surface area contributed by atoms with Gasteiger partial charge in [0.1, 0.15) is 0 Å². The second-order valence-corrected chi connectivity index (χ2v) is 5.04. The molecule has 2 aromatic carbocycles. The molecule has 0 saturated carbocycles. The molecule has 2 aromatic rings. The Morgan fingerprint density at radius 2 is 2.05 bits per heavy atom. The third-order valence-electron chi connectivity index (χ3n) is 2.69. The van der Waals surface area contributed by atoms with Crippen LogP contribution in [0.5, 0.6) is 5.75 Å². The molecule has 98 valence electrons. The van der Waals surface area contributed by atoms with Crippen LogP contribution in [0.4, 0.5) is 11.4 Å². The van der Waals surface area contributed by atoms with E-state index >= 15 is 0 Å². The number of aryl methyl sites for hydroxylation is 1. The first kappa shape index (κ1) is 13.4. The molecule has 1 amide bonds. The molecule has 19 heavy (non-hydrogen) atoms. The molecule has 2 rings (SSSR count). The van der Waals surface area contributed by atoms with Crippen LogP contribution in [0.3, 0.4) is 0 Å². The number of carbonyl (C=O) groups excluding carboxylic acids is 1. The number of anilines is 2. The summed E-state index contributed by atoms with van der Waals surface area (Å²) in [7, 11) is 0. The summed E-state index contributed by atoms with van der Waals surface area (Å²) in [5, 5.41) is 12.5. The first-order valence-corrected chi connectivity index (χ1v) is 6.43. The van der Waals surface area contributed by atoms with Crippen molar-refractivity contribution in [2.45, 2.75) is 6.92 Å². The summed E-state index contributed by atoms with van der Waals surface area (Å²) in [5.41, 5.74) is 7.84. The van der Waals surface area contributed by atoms with Crippen LogP contribution < -0.4 is 11.1 Å². The SMILES string of the molecule is Cc1ccc(N)c(C(=O)Nc2cccc(Br)c2O)c1. The maximum absolute atomic E-state index is 12.1. The van der Waals surface area contributed by atoms with Crippen LogP contribution in [0.2, 0.25) is 0 Å². The van der Waals surface area contributed by atoms with E-state index in [1.54, 1.807) is 30.3 Å². The van der Waals surface area contributed by atoms with E-state index in [9.17, 15) is 9.90 Å². The Morgan fingerprint density at radius 1 is 1.32 bits per heavy atom. The molecule has 4 N–H and O–H groups in total. The standard InChI is InChI=1S/C14H13BrN2O2/c1-8-5-6-11(16)9(7-8)14(19)17-12-4-2-3-10(15)13(12)18/h2-7,18H,16H2,1H3,(H,17,19). The molecule has 5 heteroatoms. The number of para-hydroxylation sites is 1. The molecule has 0 aliphatic rings. The number of nitrogens with one attached hydrogen (secondary N) is 1. The number of halogens is 1. The van der Waals surface area contributed by atoms with Gasteiger partial charge in [0.25, 0.3) is 5.91 Å². The average Bonchev–Trinajstić information content (AvgIpc) is 2.38. The zero-order valence-corrected chi connectivity index (χ0v) is 11.9. The fraction of sp³-hybridized carbons (Fsp3) is 0.0714. The van der Waals surface area contributed by atoms with Gasteiger partial charge >= 0.3 is 0 Å². The number of benzene rings is 2. The summed E-state index contributed by atoms with van der Waals surface area (Å²) in [5.74, 6) is -0.364. The fourth-order valence-electron chi connectivity index (χ4n) is 1.67. The zero-order chi connectivity index (χ0) is 14.0. The molecule has 0 atom stereocenters. The Labute approximate surface area is 119 Å². The van der Waals surface area contributed by atoms with Gasteiger partial charge < -0.3 is 16.2 Å². The van der Waals surface area contributed by atoms with Crippen LogP contribution in [0, 0.1) is 6.92 Å². The fourth-order valence-corrected chi connectivity index (χ4v) is 2.04. The van der Waals surface area contributed by atoms with E-state index in [-0.39, 0.29) is 11.7 Å². The highest BCUT2D eigenvalue weighted by Crippen LogP contribution is 2.32. The van der Waals surface area contributed by atoms with Crippen LogP contribution in [0.15, 0.2) is 40.9 Å². The van der Waals surface area contributed by atoms with Crippen molar-refractivity contribution in [3.63, 3.8) is 0 Å². The zero-order valence-electron chi connectivity index (χ0n) is 10.3. The van der Waals surface area contributed by atoms with Crippen LogP contribution in [0.25, 0.3) is 0 Å². The van der Waals surface area contributed by atoms with Gasteiger partial charge in [-0.2, -0.15) is 0 Å². The lowest BCUT2D eigenvalue weighted by Gasteiger charge is -2.10. The highest BCUT2D eigenvalue weighted by atomic mass is 79.9. The normalized spacial score (nSPS) is 10.2. The maximum atomic E-state index is 12.1. The number of carbonyl (C=O) groups is 1. The van der Waals surface area contributed by atoms with Gasteiger partial charge in [-0.1, -0.05) is 17.7 Å². The highest BCUT2D eigenvalue weighted by Gasteiger charge is 2.13. The first-order chi connectivity index (χ1) is 8.99. The predicted octanol–water partition coefficient (Wildman–Crippen LogP) is 3.30. The number of amides is 1. The van der Waals surface area contributed by atoms with Gasteiger partial charge in [-0.3, -0.25) is 4.79 Å². The summed E-state index contributed by atoms with van der Waals surface area (Å²) >= 11 is 3.19. The molecule has 0 spiro atoms. The van der Waals surface area contributed by atoms with Gasteiger partial charge in [-0.05, 0) is 47.1 Å². The van der Waals surface area contributed by atoms with Crippen molar-refractivity contribution < 1.29 is 9.90 Å². The van der Waals surface area contributed by atoms with E-state index in [4.69, 9.17) is 5.73 Å². The number of aromatic hydroxyl groups is 1. The third-order valence-corrected chi connectivity index (χ3v) is 3.33. The van der Waals surface area contributed by atoms with Crippen LogP contribution in [0.1, 0.15) is 15.9 Å². The molecule has 0 aliphatic carbocycles. The maximum Gasteiger partial charge on any atom is 0.257 e. The van der Waals surface area contributed by atoms with E-state index in [1.807, 2.05) is 13.0 Å². The Morgan fingerprint density at radius 3 is 2.79 bits per heavy atom. The minimum absolute atomic E-state index is 0.0120. The molecule has 4 nitrogen and oxygen atoms in total. The molecule has 0 unspecified atom stereocenters. The minimum Gasteiger partial charge on any atom is -0.505 e. The van der Waals surface area contributed by atoms with Gasteiger partial charge in [-0.25, -0.2) is 0 Å². The predicted molar refractivity (Wildman–Crippen MR) is 79.4 cm³/mol. The van der Waals surface area contributed by atoms with E-state index < -0.39 is 0 Å². The van der Waals surface area contributed by atoms with Crippen molar-refractivity contribution in [3.8, 4) is 5.75 Å². The number of nitrogen functional groups attached to an aromatic ring is 1. The van der Waals surface area contributed by atoms with Crippen LogP contribution >= 0.6 is 15.9 Å². The van der Waals surface area contributed by atoms with Crippen LogP contribution in [-0.4, -0.2) is 11.0 Å². The number of phenolic OH excluding ortho intramolecular Hbond substituents is 1. The summed E-state index contributed by atoms with van der Waals surface area (Å²) in [4.78, 5) is 12.1. The Balaban J connectivity index is 2.31. The third kappa shape index (κ3) is 2.88. The van der Waals surface area contributed by atoms with Crippen molar-refractivity contribution in [1.82, 2.24) is 0 Å². The number of hydrogen-bond donors (Lipinski definition) is 3. The first-order valence-electron chi connectivity index (χ1n) is 5.64. The van der Waals surface area contributed by atoms with Gasteiger partial charge in [0, 0.05) is 5.69 Å². The number of phenols is 1. The Hall–Kier alpha value is -2.01. The van der Waals surface area contributed by atoms with Gasteiger partial charge in [-0.15, -0.1) is 0 Å². The average molecular weight is 321 g/mol. The largest absolute Gasteiger partial charge is 0.505 e. The minimum atomic E-state index is -0.352. The second kappa shape index (κ2) is 5.32. The van der Waals surface area contributed by atoms with Crippen LogP contribution in [-0.2, 0) is 0 Å². The monoisotopic (exact) mass is 320 g/mol. The van der Waals surface area contributed by atoms with Crippen molar-refractivity contribution >= 4 is 33.2 Å². The van der Waals surface area contributed by atoms with Crippen molar-refractivity contribution in [2.75, 3.05) is 11.1 Å². The lowest BCUT2D eigenvalue weighted by Crippen LogP contribution is -2.14. The lowest BCUT2D eigenvalue weighted by molar-refractivity contribution is 0.102. The number of nitrogens with two attached hydrogens (primary N) is 1. The van der Waals surface area contributed by atoms with E-state index in [0.29, 0.717) is 21.4 Å². The van der Waals surface area contributed by atoms with Gasteiger partial charge in [0.05, 0.1) is 15.7 Å². The van der Waals surface area contributed by atoms with Crippen molar-refractivity contribution in [1.29, 1.82) is 0 Å². The molecule has 0 fully saturated rings. The molecular weight excluding hydrogens is 308 g/mol. The summed E-state index contributed by atoms with van der Waals surface area (Å²) in [6, 6.07) is 10.3. The quantitative estimate of drug-likeness (QED) is 0.587. The topological polar surface area (TPSA) is 75.4 Å². The van der Waals surface area contributed by atoms with Gasteiger partial charge in [0.2, 0.25) is 0 Å².